The topological polar surface area (TPSA) is 132 Å². The minimum Gasteiger partial charge on any atom is -0.366 e. The number of nitrogens with zero attached hydrogens (tertiary/aromatic N) is 1. The molecule has 0 radical (unpaired) electrons. The molecule has 2 aromatic rings. The highest BCUT2D eigenvalue weighted by atomic mass is 35.5. The molecule has 0 aliphatic rings. The zero-order valence-electron chi connectivity index (χ0n) is 12.1. The molecular formula is C14H12ClN3O5S. The third-order valence-electron chi connectivity index (χ3n) is 3.13. The normalized spacial score (nSPS) is 11.2. The maximum absolute atomic E-state index is 12.2. The van der Waals surface area contributed by atoms with E-state index < -0.39 is 26.5 Å². The van der Waals surface area contributed by atoms with Gasteiger partial charge in [0.1, 0.15) is 5.02 Å². The van der Waals surface area contributed by atoms with Crippen LogP contribution in [0.4, 0.5) is 5.69 Å². The first kappa shape index (κ1) is 17.9. The third-order valence-corrected chi connectivity index (χ3v) is 4.85. The first-order valence-corrected chi connectivity index (χ1v) is 8.39. The molecule has 0 aliphatic carbocycles. The number of nitrogens with two attached hydrogens (primary N) is 1. The average Bonchev–Trinajstić information content (AvgIpc) is 2.53. The Bertz CT molecular complexity index is 897. The van der Waals surface area contributed by atoms with Crippen molar-refractivity contribution >= 4 is 33.2 Å². The van der Waals surface area contributed by atoms with Crippen molar-refractivity contribution in [3.8, 4) is 0 Å². The van der Waals surface area contributed by atoms with Gasteiger partial charge in [0.25, 0.3) is 5.69 Å². The Labute approximate surface area is 142 Å². The summed E-state index contributed by atoms with van der Waals surface area (Å²) >= 11 is 5.66. The Morgan fingerprint density at radius 1 is 1.21 bits per heavy atom. The van der Waals surface area contributed by atoms with E-state index in [4.69, 9.17) is 17.3 Å². The number of primary amides is 1. The molecule has 8 nitrogen and oxygen atoms in total. The van der Waals surface area contributed by atoms with Crippen molar-refractivity contribution in [2.75, 3.05) is 0 Å². The minimum absolute atomic E-state index is 0.0577. The van der Waals surface area contributed by atoms with Crippen molar-refractivity contribution in [3.05, 3.63) is 68.7 Å². The highest BCUT2D eigenvalue weighted by Gasteiger charge is 2.20. The summed E-state index contributed by atoms with van der Waals surface area (Å²) in [6, 6.07) is 9.25. The van der Waals surface area contributed by atoms with Gasteiger partial charge in [0.15, 0.2) is 0 Å². The zero-order chi connectivity index (χ0) is 17.9. The van der Waals surface area contributed by atoms with Gasteiger partial charge in [-0.05, 0) is 29.8 Å². The van der Waals surface area contributed by atoms with Gasteiger partial charge in [-0.2, -0.15) is 0 Å². The maximum Gasteiger partial charge on any atom is 0.289 e. The predicted octanol–water partition coefficient (Wildman–Crippen LogP) is 1.83. The Hall–Kier alpha value is -2.49. The molecule has 0 unspecified atom stereocenters. The number of benzene rings is 2. The van der Waals surface area contributed by atoms with Crippen LogP contribution in [-0.4, -0.2) is 19.2 Å². The fourth-order valence-corrected chi connectivity index (χ4v) is 3.07. The van der Waals surface area contributed by atoms with E-state index in [0.717, 1.165) is 12.1 Å². The van der Waals surface area contributed by atoms with Crippen LogP contribution in [0.25, 0.3) is 0 Å². The number of halogens is 1. The Balaban J connectivity index is 2.18. The van der Waals surface area contributed by atoms with Crippen molar-refractivity contribution in [1.82, 2.24) is 4.72 Å². The monoisotopic (exact) mass is 369 g/mol. The summed E-state index contributed by atoms with van der Waals surface area (Å²) in [6.07, 6.45) is 0. The summed E-state index contributed by atoms with van der Waals surface area (Å²) in [6.45, 7) is -0.0577. The smallest absolute Gasteiger partial charge is 0.289 e. The van der Waals surface area contributed by atoms with Crippen LogP contribution in [-0.2, 0) is 16.6 Å². The Kier molecular flexibility index (Phi) is 5.17. The van der Waals surface area contributed by atoms with Crippen LogP contribution in [0.5, 0.6) is 0 Å². The highest BCUT2D eigenvalue weighted by Crippen LogP contribution is 2.27. The van der Waals surface area contributed by atoms with Crippen molar-refractivity contribution in [2.45, 2.75) is 11.4 Å². The average molecular weight is 370 g/mol. The van der Waals surface area contributed by atoms with E-state index in [-0.39, 0.29) is 16.5 Å². The third kappa shape index (κ3) is 4.07. The van der Waals surface area contributed by atoms with E-state index in [9.17, 15) is 23.3 Å². The number of carbonyl (C=O) groups is 1. The van der Waals surface area contributed by atoms with Gasteiger partial charge in [0.05, 0.1) is 9.82 Å². The zero-order valence-corrected chi connectivity index (χ0v) is 13.7. The number of nitrogens with one attached hydrogen (secondary N) is 1. The molecule has 10 heteroatoms. The lowest BCUT2D eigenvalue weighted by atomic mass is 10.1. The lowest BCUT2D eigenvalue weighted by molar-refractivity contribution is -0.384. The van der Waals surface area contributed by atoms with E-state index >= 15 is 0 Å². The number of sulfonamides is 1. The molecule has 0 spiro atoms. The number of amides is 1. The second-order valence-electron chi connectivity index (χ2n) is 4.76. The van der Waals surface area contributed by atoms with Gasteiger partial charge in [-0.15, -0.1) is 0 Å². The summed E-state index contributed by atoms with van der Waals surface area (Å²) in [5.41, 5.74) is 5.51. The van der Waals surface area contributed by atoms with Gasteiger partial charge in [0, 0.05) is 18.2 Å². The van der Waals surface area contributed by atoms with Gasteiger partial charge < -0.3 is 5.73 Å². The number of hydrogen-bond acceptors (Lipinski definition) is 5. The number of nitro groups is 1. The Morgan fingerprint density at radius 3 is 2.38 bits per heavy atom. The van der Waals surface area contributed by atoms with Gasteiger partial charge in [0.2, 0.25) is 15.9 Å². The SMILES string of the molecule is NC(=O)c1ccc(CNS(=O)(=O)c2ccc(Cl)c([N+](=O)[O-])c2)cc1. The van der Waals surface area contributed by atoms with Crippen LogP contribution < -0.4 is 10.5 Å². The molecular weight excluding hydrogens is 358 g/mol. The molecule has 24 heavy (non-hydrogen) atoms. The van der Waals surface area contributed by atoms with E-state index in [0.29, 0.717) is 11.1 Å². The van der Waals surface area contributed by atoms with Crippen molar-refractivity contribution in [1.29, 1.82) is 0 Å². The van der Waals surface area contributed by atoms with Crippen molar-refractivity contribution in [3.63, 3.8) is 0 Å². The molecule has 126 valence electrons. The molecule has 1 amide bonds. The molecule has 0 aromatic heterocycles. The summed E-state index contributed by atoms with van der Waals surface area (Å²) < 4.78 is 26.7. The van der Waals surface area contributed by atoms with Gasteiger partial charge in [-0.3, -0.25) is 14.9 Å². The quantitative estimate of drug-likeness (QED) is 0.592. The number of hydrogen-bond donors (Lipinski definition) is 2. The molecule has 3 N–H and O–H groups in total. The summed E-state index contributed by atoms with van der Waals surface area (Å²) in [5.74, 6) is -0.587. The molecule has 2 aromatic carbocycles. The van der Waals surface area contributed by atoms with E-state index in [1.165, 1.54) is 18.2 Å². The minimum atomic E-state index is -3.96. The number of nitro benzene ring substituents is 1. The van der Waals surface area contributed by atoms with Crippen LogP contribution in [0.3, 0.4) is 0 Å². The molecule has 2 rings (SSSR count). The lowest BCUT2D eigenvalue weighted by Crippen LogP contribution is -2.23. The molecule has 0 aliphatic heterocycles. The fourth-order valence-electron chi connectivity index (χ4n) is 1.85. The second kappa shape index (κ2) is 6.95. The standard InChI is InChI=1S/C14H12ClN3O5S/c15-12-6-5-11(7-13(12)18(20)21)24(22,23)17-8-9-1-3-10(4-2-9)14(16)19/h1-7,17H,8H2,(H2,16,19). The van der Waals surface area contributed by atoms with Crippen LogP contribution in [0.1, 0.15) is 15.9 Å². The van der Waals surface area contributed by atoms with Crippen LogP contribution in [0.2, 0.25) is 5.02 Å². The Morgan fingerprint density at radius 2 is 1.83 bits per heavy atom. The first-order chi connectivity index (χ1) is 11.2. The molecule has 0 atom stereocenters. The highest BCUT2D eigenvalue weighted by molar-refractivity contribution is 7.89. The van der Waals surface area contributed by atoms with Crippen molar-refractivity contribution < 1.29 is 18.1 Å². The van der Waals surface area contributed by atoms with E-state index in [1.807, 2.05) is 0 Å². The predicted molar refractivity (Wildman–Crippen MR) is 87.1 cm³/mol. The van der Waals surface area contributed by atoms with Gasteiger partial charge in [-0.25, -0.2) is 13.1 Å². The lowest BCUT2D eigenvalue weighted by Gasteiger charge is -2.07. The maximum atomic E-state index is 12.2. The number of carbonyl (C=O) groups excluding carboxylic acids is 1. The fraction of sp³-hybridized carbons (Fsp3) is 0.0714. The van der Waals surface area contributed by atoms with Crippen molar-refractivity contribution in [2.24, 2.45) is 5.73 Å². The summed E-state index contributed by atoms with van der Waals surface area (Å²) in [4.78, 5) is 20.8. The second-order valence-corrected chi connectivity index (χ2v) is 6.93. The molecule has 0 heterocycles. The van der Waals surface area contributed by atoms with E-state index in [1.54, 1.807) is 12.1 Å². The van der Waals surface area contributed by atoms with Gasteiger partial charge >= 0.3 is 0 Å². The molecule has 0 saturated carbocycles. The van der Waals surface area contributed by atoms with Gasteiger partial charge in [-0.1, -0.05) is 23.7 Å². The molecule has 0 fully saturated rings. The summed E-state index contributed by atoms with van der Waals surface area (Å²) in [7, 11) is -3.96. The van der Waals surface area contributed by atoms with Crippen LogP contribution >= 0.6 is 11.6 Å². The van der Waals surface area contributed by atoms with E-state index in [2.05, 4.69) is 4.72 Å². The summed E-state index contributed by atoms with van der Waals surface area (Å²) in [5, 5.41) is 10.7. The largest absolute Gasteiger partial charge is 0.366 e. The molecule has 0 saturated heterocycles. The van der Waals surface area contributed by atoms with Crippen LogP contribution in [0, 0.1) is 10.1 Å². The number of rotatable bonds is 6. The molecule has 0 bridgehead atoms. The first-order valence-electron chi connectivity index (χ1n) is 6.53. The van der Waals surface area contributed by atoms with Crippen LogP contribution in [0.15, 0.2) is 47.4 Å².